The largest absolute Gasteiger partial charge is 0.312 e. The van der Waals surface area contributed by atoms with Crippen LogP contribution in [0.4, 0.5) is 11.4 Å². The summed E-state index contributed by atoms with van der Waals surface area (Å²) in [5.41, 5.74) is 2.83. The van der Waals surface area contributed by atoms with Gasteiger partial charge in [-0.2, -0.15) is 0 Å². The van der Waals surface area contributed by atoms with Gasteiger partial charge in [-0.3, -0.25) is 4.79 Å². The van der Waals surface area contributed by atoms with E-state index in [9.17, 15) is 9.00 Å². The van der Waals surface area contributed by atoms with Gasteiger partial charge in [0.2, 0.25) is 5.91 Å². The fourth-order valence-electron chi connectivity index (χ4n) is 2.73. The number of hydrogen-bond donors (Lipinski definition) is 1. The van der Waals surface area contributed by atoms with Gasteiger partial charge in [-0.1, -0.05) is 39.0 Å². The van der Waals surface area contributed by atoms with E-state index in [0.29, 0.717) is 6.54 Å². The summed E-state index contributed by atoms with van der Waals surface area (Å²) in [6.45, 7) is 8.34. The fourth-order valence-corrected chi connectivity index (χ4v) is 3.62. The number of benzene rings is 2. The first-order valence-corrected chi connectivity index (χ1v) is 9.37. The molecule has 0 saturated carbocycles. The molecule has 1 aliphatic heterocycles. The minimum absolute atomic E-state index is 0.0434. The Morgan fingerprint density at radius 1 is 1.17 bits per heavy atom. The molecule has 4 nitrogen and oxygen atoms in total. The van der Waals surface area contributed by atoms with Gasteiger partial charge in [0.05, 0.1) is 4.90 Å². The Labute approximate surface area is 146 Å². The van der Waals surface area contributed by atoms with Crippen LogP contribution >= 0.6 is 0 Å². The summed E-state index contributed by atoms with van der Waals surface area (Å²) in [4.78, 5) is 14.2. The average Bonchev–Trinajstić information content (AvgIpc) is 2.94. The molecule has 1 N–H and O–H groups in total. The molecule has 0 radical (unpaired) electrons. The van der Waals surface area contributed by atoms with Crippen LogP contribution in [0.5, 0.6) is 0 Å². The lowest BCUT2D eigenvalue weighted by atomic mass is 10.0. The number of amides is 1. The predicted octanol–water partition coefficient (Wildman–Crippen LogP) is 4.32. The Hall–Kier alpha value is -2.14. The van der Waals surface area contributed by atoms with Gasteiger partial charge in [0, 0.05) is 30.8 Å². The second-order valence-electron chi connectivity index (χ2n) is 5.49. The first-order chi connectivity index (χ1) is 11.6. The average molecular weight is 344 g/mol. The minimum Gasteiger partial charge on any atom is -0.312 e. The van der Waals surface area contributed by atoms with E-state index in [0.717, 1.165) is 21.8 Å². The van der Waals surface area contributed by atoms with Crippen molar-refractivity contribution in [2.75, 3.05) is 16.2 Å². The molecule has 0 aromatic heterocycles. The molecule has 0 spiro atoms. The standard InChI is InChI=1S/C17H18N2O2S.C2H6/c1-12-11-19(13(2)20)17-9-8-15(10-16(12)17)22(21)18-14-6-4-3-5-7-14;1-2/h3-10,12,18H,11H2,1-2H3;1-2H3. The van der Waals surface area contributed by atoms with Gasteiger partial charge in [-0.15, -0.1) is 0 Å². The second kappa shape index (κ2) is 8.11. The van der Waals surface area contributed by atoms with Crippen LogP contribution in [-0.2, 0) is 15.8 Å². The summed E-state index contributed by atoms with van der Waals surface area (Å²) in [5, 5.41) is 0. The fraction of sp³-hybridized carbons (Fsp3) is 0.316. The summed E-state index contributed by atoms with van der Waals surface area (Å²) in [6, 6.07) is 15.1. The summed E-state index contributed by atoms with van der Waals surface area (Å²) >= 11 is 0. The van der Waals surface area contributed by atoms with E-state index in [1.165, 1.54) is 0 Å². The molecule has 3 rings (SSSR count). The first kappa shape index (κ1) is 18.2. The van der Waals surface area contributed by atoms with E-state index in [1.54, 1.807) is 11.8 Å². The van der Waals surface area contributed by atoms with Crippen LogP contribution < -0.4 is 9.62 Å². The van der Waals surface area contributed by atoms with E-state index in [4.69, 9.17) is 0 Å². The van der Waals surface area contributed by atoms with Crippen molar-refractivity contribution in [3.63, 3.8) is 0 Å². The molecule has 0 fully saturated rings. The lowest BCUT2D eigenvalue weighted by Crippen LogP contribution is -2.26. The number of hydrogen-bond acceptors (Lipinski definition) is 2. The Morgan fingerprint density at radius 3 is 2.46 bits per heavy atom. The highest BCUT2D eigenvalue weighted by Gasteiger charge is 2.28. The zero-order chi connectivity index (χ0) is 17.7. The number of nitrogens with zero attached hydrogens (tertiary/aromatic N) is 1. The number of fused-ring (bicyclic) bond motifs is 1. The molecule has 1 heterocycles. The van der Waals surface area contributed by atoms with Crippen molar-refractivity contribution in [2.45, 2.75) is 38.5 Å². The quantitative estimate of drug-likeness (QED) is 0.901. The Morgan fingerprint density at radius 2 is 1.83 bits per heavy atom. The van der Waals surface area contributed by atoms with Gasteiger partial charge in [-0.25, -0.2) is 4.21 Å². The molecule has 128 valence electrons. The molecule has 2 aromatic carbocycles. The number of nitrogens with one attached hydrogen (secondary N) is 1. The van der Waals surface area contributed by atoms with Gasteiger partial charge in [0.1, 0.15) is 11.0 Å². The van der Waals surface area contributed by atoms with Crippen LogP contribution in [-0.4, -0.2) is 16.7 Å². The summed E-state index contributed by atoms with van der Waals surface area (Å²) in [6.07, 6.45) is 0. The highest BCUT2D eigenvalue weighted by molar-refractivity contribution is 7.86. The molecule has 2 atom stereocenters. The molecule has 0 aliphatic carbocycles. The SMILES string of the molecule is CC.CC(=O)N1CC(C)c2cc(S(=O)Nc3ccccc3)ccc21. The maximum absolute atomic E-state index is 12.5. The van der Waals surface area contributed by atoms with Gasteiger partial charge in [0.25, 0.3) is 0 Å². The zero-order valence-electron chi connectivity index (χ0n) is 14.6. The van der Waals surface area contributed by atoms with Crippen LogP contribution in [0.25, 0.3) is 0 Å². The highest BCUT2D eigenvalue weighted by atomic mass is 32.2. The third-order valence-corrected chi connectivity index (χ3v) is 4.96. The van der Waals surface area contributed by atoms with Crippen LogP contribution in [0.2, 0.25) is 0 Å². The Balaban J connectivity index is 0.00000100. The maximum atomic E-state index is 12.5. The summed E-state index contributed by atoms with van der Waals surface area (Å²) in [5.74, 6) is 0.300. The number of para-hydroxylation sites is 1. The molecule has 2 aromatic rings. The van der Waals surface area contributed by atoms with E-state index in [2.05, 4.69) is 11.6 Å². The molecular weight excluding hydrogens is 320 g/mol. The maximum Gasteiger partial charge on any atom is 0.223 e. The number of rotatable bonds is 3. The van der Waals surface area contributed by atoms with Gasteiger partial charge >= 0.3 is 0 Å². The molecular formula is C19H24N2O2S. The lowest BCUT2D eigenvalue weighted by Gasteiger charge is -2.15. The number of anilines is 2. The van der Waals surface area contributed by atoms with Crippen molar-refractivity contribution < 1.29 is 9.00 Å². The van der Waals surface area contributed by atoms with Gasteiger partial charge in [-0.05, 0) is 35.9 Å². The monoisotopic (exact) mass is 344 g/mol. The first-order valence-electron chi connectivity index (χ1n) is 8.22. The van der Waals surface area contributed by atoms with Crippen molar-refractivity contribution in [3.05, 3.63) is 54.1 Å². The predicted molar refractivity (Wildman–Crippen MR) is 101 cm³/mol. The summed E-state index contributed by atoms with van der Waals surface area (Å²) in [7, 11) is -1.32. The van der Waals surface area contributed by atoms with Crippen molar-refractivity contribution in [1.29, 1.82) is 0 Å². The highest BCUT2D eigenvalue weighted by Crippen LogP contribution is 2.37. The van der Waals surface area contributed by atoms with Crippen molar-refractivity contribution in [1.82, 2.24) is 0 Å². The Bertz CT molecular complexity index is 731. The van der Waals surface area contributed by atoms with E-state index < -0.39 is 11.0 Å². The number of carbonyl (C=O) groups is 1. The topological polar surface area (TPSA) is 49.4 Å². The van der Waals surface area contributed by atoms with Crippen molar-refractivity contribution in [2.24, 2.45) is 0 Å². The molecule has 0 bridgehead atoms. The smallest absolute Gasteiger partial charge is 0.223 e. The lowest BCUT2D eigenvalue weighted by molar-refractivity contribution is -0.116. The van der Waals surface area contributed by atoms with Crippen LogP contribution in [0, 0.1) is 0 Å². The normalized spacial score (nSPS) is 16.7. The van der Waals surface area contributed by atoms with Crippen LogP contribution in [0.1, 0.15) is 39.2 Å². The molecule has 24 heavy (non-hydrogen) atoms. The third-order valence-electron chi connectivity index (χ3n) is 3.86. The third kappa shape index (κ3) is 3.85. The van der Waals surface area contributed by atoms with Crippen LogP contribution in [0.3, 0.4) is 0 Å². The Kier molecular flexibility index (Phi) is 6.15. The van der Waals surface area contributed by atoms with Crippen molar-refractivity contribution >= 4 is 28.3 Å². The number of carbonyl (C=O) groups excluding carboxylic acids is 1. The van der Waals surface area contributed by atoms with E-state index >= 15 is 0 Å². The van der Waals surface area contributed by atoms with Crippen molar-refractivity contribution in [3.8, 4) is 0 Å². The molecule has 5 heteroatoms. The van der Waals surface area contributed by atoms with Crippen LogP contribution in [0.15, 0.2) is 53.4 Å². The van der Waals surface area contributed by atoms with Gasteiger partial charge < -0.3 is 9.62 Å². The second-order valence-corrected chi connectivity index (χ2v) is 6.70. The minimum atomic E-state index is -1.32. The molecule has 1 amide bonds. The molecule has 0 saturated heterocycles. The molecule has 2 unspecified atom stereocenters. The zero-order valence-corrected chi connectivity index (χ0v) is 15.4. The molecule has 1 aliphatic rings. The van der Waals surface area contributed by atoms with E-state index in [-0.39, 0.29) is 11.8 Å². The summed E-state index contributed by atoms with van der Waals surface area (Å²) < 4.78 is 15.4. The van der Waals surface area contributed by atoms with Gasteiger partial charge in [0.15, 0.2) is 0 Å². The van der Waals surface area contributed by atoms with E-state index in [1.807, 2.05) is 62.4 Å².